The van der Waals surface area contributed by atoms with E-state index in [0.29, 0.717) is 20.9 Å². The number of hydrogen-bond acceptors (Lipinski definition) is 8. The summed E-state index contributed by atoms with van der Waals surface area (Å²) in [5, 5.41) is 17.0. The second-order valence-corrected chi connectivity index (χ2v) is 8.83. The highest BCUT2D eigenvalue weighted by Crippen LogP contribution is 2.36. The Morgan fingerprint density at radius 3 is 2.44 bits per heavy atom. The molecule has 8 nitrogen and oxygen atoms in total. The smallest absolute Gasteiger partial charge is 0.539 e. The molecule has 0 bridgehead atoms. The lowest BCUT2D eigenvalue weighted by molar-refractivity contribution is -0.672. The molecule has 0 radical (unpaired) electrons. The van der Waals surface area contributed by atoms with Crippen LogP contribution in [-0.2, 0) is 0 Å². The summed E-state index contributed by atoms with van der Waals surface area (Å²) >= 11 is 6.93. The Kier molecular flexibility index (Phi) is 5.77. The summed E-state index contributed by atoms with van der Waals surface area (Å²) in [5.41, 5.74) is 7.40. The fraction of sp³-hybridized carbons (Fsp3) is 0.0435. The first-order chi connectivity index (χ1) is 17.1. The van der Waals surface area contributed by atoms with Crippen LogP contribution in [0, 0.1) is 0 Å². The number of aromatic nitrogens is 3. The Morgan fingerprint density at radius 1 is 1.08 bits per heavy atom. The number of ketones is 1. The molecule has 0 aliphatic carbocycles. The summed E-state index contributed by atoms with van der Waals surface area (Å²) in [7, 11) is 0. The number of halogens is 4. The predicted molar refractivity (Wildman–Crippen MR) is 122 cm³/mol. The largest absolute Gasteiger partial charge is 0.573 e. The van der Waals surface area contributed by atoms with Gasteiger partial charge in [-0.3, -0.25) is 4.79 Å². The lowest BCUT2D eigenvalue weighted by atomic mass is 10.1. The van der Waals surface area contributed by atoms with Crippen LogP contribution in [0.25, 0.3) is 27.2 Å². The molecule has 0 aliphatic rings. The lowest BCUT2D eigenvalue weighted by Crippen LogP contribution is -2.39. The number of nitrogen functional groups attached to an aromatic ring is 1. The highest BCUT2D eigenvalue weighted by molar-refractivity contribution is 7.21. The van der Waals surface area contributed by atoms with E-state index < -0.39 is 29.5 Å². The summed E-state index contributed by atoms with van der Waals surface area (Å²) < 4.78 is 46.7. The van der Waals surface area contributed by atoms with E-state index >= 15 is 0 Å². The second kappa shape index (κ2) is 8.81. The molecule has 0 saturated carbocycles. The molecule has 5 rings (SSSR count). The van der Waals surface area contributed by atoms with E-state index in [4.69, 9.17) is 17.3 Å². The van der Waals surface area contributed by atoms with Gasteiger partial charge in [0.15, 0.2) is 5.95 Å². The third-order valence-electron chi connectivity index (χ3n) is 5.08. The average molecular weight is 533 g/mol. The Hall–Kier alpha value is -4.16. The Morgan fingerprint density at radius 2 is 1.78 bits per heavy atom. The van der Waals surface area contributed by atoms with Crippen molar-refractivity contribution in [3.05, 3.63) is 76.3 Å². The lowest BCUT2D eigenvalue weighted by Gasteiger charge is -2.07. The number of carbonyl (C=O) groups excluding carboxylic acids is 1. The molecule has 5 aromatic rings. The predicted octanol–water partition coefficient (Wildman–Crippen LogP) is 4.67. The first-order valence-electron chi connectivity index (χ1n) is 10.1. The number of carbonyl (C=O) groups is 1. The quantitative estimate of drug-likeness (QED) is 0.258. The molecular weight excluding hydrogens is 521 g/mol. The van der Waals surface area contributed by atoms with Gasteiger partial charge in [-0.25, -0.2) is 4.98 Å². The summed E-state index contributed by atoms with van der Waals surface area (Å²) in [5.74, 6) is -2.30. The summed E-state index contributed by atoms with van der Waals surface area (Å²) in [6.45, 7) is 0. The minimum atomic E-state index is -4.87. The van der Waals surface area contributed by atoms with Gasteiger partial charge in [0.05, 0.1) is 16.7 Å². The summed E-state index contributed by atoms with van der Waals surface area (Å²) in [6.07, 6.45) is -4.87. The molecule has 0 aliphatic heterocycles. The van der Waals surface area contributed by atoms with E-state index in [1.54, 1.807) is 36.4 Å². The maximum Gasteiger partial charge on any atom is 0.573 e. The van der Waals surface area contributed by atoms with Gasteiger partial charge in [0, 0.05) is 28.1 Å². The first-order valence-corrected chi connectivity index (χ1v) is 11.2. The maximum atomic E-state index is 13.4. The highest BCUT2D eigenvalue weighted by Gasteiger charge is 2.33. The molecule has 182 valence electrons. The van der Waals surface area contributed by atoms with Gasteiger partial charge in [0.25, 0.3) is 5.78 Å². The number of nitrogens with two attached hydrogens (primary N) is 1. The van der Waals surface area contributed by atoms with Gasteiger partial charge in [-0.1, -0.05) is 23.7 Å². The third kappa shape index (κ3) is 4.43. The van der Waals surface area contributed by atoms with E-state index in [2.05, 4.69) is 19.5 Å². The van der Waals surface area contributed by atoms with Crippen molar-refractivity contribution in [1.82, 2.24) is 10.3 Å². The van der Waals surface area contributed by atoms with E-state index in [1.165, 1.54) is 12.1 Å². The SMILES string of the molecule is Nc1c(C(=O)c2c([O-])on[n+]2-c2ccc(OC(F)(F)F)cc2)sc2nc(-c3ccc(Cl)cc3)ccc12. The van der Waals surface area contributed by atoms with E-state index in [9.17, 15) is 23.1 Å². The van der Waals surface area contributed by atoms with Gasteiger partial charge in [0.2, 0.25) is 5.69 Å². The molecule has 0 saturated heterocycles. The number of anilines is 1. The van der Waals surface area contributed by atoms with Crippen molar-refractivity contribution in [3.63, 3.8) is 0 Å². The molecule has 2 aromatic carbocycles. The number of rotatable bonds is 5. The molecule has 2 N–H and O–H groups in total. The molecule has 3 heterocycles. The van der Waals surface area contributed by atoms with Gasteiger partial charge in [-0.15, -0.1) is 24.5 Å². The minimum Gasteiger partial charge on any atom is -0.539 e. The van der Waals surface area contributed by atoms with Crippen LogP contribution in [0.5, 0.6) is 11.7 Å². The van der Waals surface area contributed by atoms with E-state index in [-0.39, 0.29) is 16.3 Å². The van der Waals surface area contributed by atoms with Crippen LogP contribution in [0.2, 0.25) is 5.02 Å². The maximum absolute atomic E-state index is 13.4. The van der Waals surface area contributed by atoms with Crippen molar-refractivity contribution in [2.75, 3.05) is 5.73 Å². The molecule has 0 fully saturated rings. The van der Waals surface area contributed by atoms with Crippen LogP contribution >= 0.6 is 22.9 Å². The van der Waals surface area contributed by atoms with Crippen molar-refractivity contribution in [2.45, 2.75) is 6.36 Å². The number of hydrogen-bond donors (Lipinski definition) is 1. The van der Waals surface area contributed by atoms with Crippen molar-refractivity contribution >= 4 is 44.6 Å². The molecule has 0 unspecified atom stereocenters. The van der Waals surface area contributed by atoms with Crippen LogP contribution in [0.1, 0.15) is 15.4 Å². The zero-order chi connectivity index (χ0) is 25.6. The highest BCUT2D eigenvalue weighted by atomic mass is 35.5. The number of fused-ring (bicyclic) bond motifs is 1. The third-order valence-corrected chi connectivity index (χ3v) is 6.45. The van der Waals surface area contributed by atoms with Crippen LogP contribution in [-0.4, -0.2) is 22.4 Å². The van der Waals surface area contributed by atoms with Crippen molar-refractivity contribution in [2.24, 2.45) is 0 Å². The zero-order valence-corrected chi connectivity index (χ0v) is 19.3. The number of benzene rings is 2. The number of pyridine rings is 1. The van der Waals surface area contributed by atoms with Gasteiger partial charge < -0.3 is 20.1 Å². The molecular formula is C23H12ClF3N4O4S. The standard InChI is InChI=1S/C23H12ClF3N4O4S/c24-12-3-1-11(2-4-12)16-10-9-15-17(28)20(36-21(15)29-16)19(32)18-22(33)35-30-31(18)13-5-7-14(8-6-13)34-23(25,26)27/h1-10H,(H2-,28,30,32,33). The number of thiophene rings is 1. The monoisotopic (exact) mass is 532 g/mol. The fourth-order valence-electron chi connectivity index (χ4n) is 3.46. The Bertz CT molecular complexity index is 1600. The molecule has 36 heavy (non-hydrogen) atoms. The van der Waals surface area contributed by atoms with E-state index in [1.807, 2.05) is 0 Å². The fourth-order valence-corrected chi connectivity index (χ4v) is 4.62. The van der Waals surface area contributed by atoms with Gasteiger partial charge in [-0.2, -0.15) is 0 Å². The van der Waals surface area contributed by atoms with Crippen LogP contribution in [0.3, 0.4) is 0 Å². The summed E-state index contributed by atoms with van der Waals surface area (Å²) in [4.78, 5) is 18.4. The molecule has 0 spiro atoms. The second-order valence-electron chi connectivity index (χ2n) is 7.39. The Labute approximate surface area is 208 Å². The summed E-state index contributed by atoms with van der Waals surface area (Å²) in [6, 6.07) is 14.9. The van der Waals surface area contributed by atoms with Crippen molar-refractivity contribution < 1.29 is 37.0 Å². The molecule has 13 heteroatoms. The minimum absolute atomic E-state index is 0.0387. The van der Waals surface area contributed by atoms with Gasteiger partial charge in [-0.05, 0) is 41.1 Å². The van der Waals surface area contributed by atoms with Crippen LogP contribution < -0.4 is 20.3 Å². The number of ether oxygens (including phenoxy) is 1. The van der Waals surface area contributed by atoms with Crippen molar-refractivity contribution in [1.29, 1.82) is 0 Å². The Balaban J connectivity index is 1.51. The van der Waals surface area contributed by atoms with Crippen LogP contribution in [0.4, 0.5) is 18.9 Å². The number of nitrogens with zero attached hydrogens (tertiary/aromatic N) is 3. The van der Waals surface area contributed by atoms with Crippen LogP contribution in [0.15, 0.2) is 65.2 Å². The molecule has 3 aromatic heterocycles. The molecule has 0 amide bonds. The average Bonchev–Trinajstić information content (AvgIpc) is 3.38. The van der Waals surface area contributed by atoms with E-state index in [0.717, 1.165) is 33.7 Å². The molecule has 0 atom stereocenters. The normalized spacial score (nSPS) is 11.7. The van der Waals surface area contributed by atoms with Gasteiger partial charge in [0.1, 0.15) is 15.5 Å². The van der Waals surface area contributed by atoms with Gasteiger partial charge >= 0.3 is 12.1 Å². The first kappa shape index (κ1) is 23.6. The zero-order valence-electron chi connectivity index (χ0n) is 17.7. The topological polar surface area (TPSA) is 118 Å². The number of alkyl halides is 3. The van der Waals surface area contributed by atoms with Crippen molar-refractivity contribution in [3.8, 4) is 28.6 Å².